The van der Waals surface area contributed by atoms with Gasteiger partial charge in [-0.1, -0.05) is 0 Å². The van der Waals surface area contributed by atoms with Crippen LogP contribution in [0.2, 0.25) is 0 Å². The van der Waals surface area contributed by atoms with E-state index in [0.29, 0.717) is 0 Å². The fraction of sp³-hybridized carbons (Fsp3) is 0.250. The molecule has 0 aliphatic heterocycles. The van der Waals surface area contributed by atoms with E-state index < -0.39 is 0 Å². The van der Waals surface area contributed by atoms with Crippen molar-refractivity contribution in [1.29, 1.82) is 0 Å². The molecule has 1 atom stereocenters. The molecule has 3 N–H and O–H groups in total. The number of aryl methyl sites for hydroxylation is 1. The zero-order chi connectivity index (χ0) is 12.5. The van der Waals surface area contributed by atoms with Crippen LogP contribution in [0, 0.1) is 0 Å². The zero-order valence-corrected chi connectivity index (χ0v) is 11.6. The molecule has 0 aliphatic rings. The van der Waals surface area contributed by atoms with Crippen molar-refractivity contribution in [3.05, 3.63) is 40.3 Å². The summed E-state index contributed by atoms with van der Waals surface area (Å²) in [5.41, 5.74) is 3.99. The summed E-state index contributed by atoms with van der Waals surface area (Å²) in [5.74, 6) is 5.70. The number of hydrogen-bond acceptors (Lipinski definition) is 5. The van der Waals surface area contributed by atoms with Crippen LogP contribution in [0.25, 0.3) is 9.40 Å². The highest BCUT2D eigenvalue weighted by Crippen LogP contribution is 2.35. The van der Waals surface area contributed by atoms with Crippen molar-refractivity contribution in [3.8, 4) is 0 Å². The SMILES string of the molecule is CCn1cc(C(NN)c2cc3sccc3s2)cn1. The maximum Gasteiger partial charge on any atom is 0.0833 e. The molecule has 0 fully saturated rings. The average Bonchev–Trinajstić information content (AvgIpc) is 3.04. The Balaban J connectivity index is 1.98. The molecule has 1 unspecified atom stereocenters. The molecule has 3 rings (SSSR count). The molecule has 0 radical (unpaired) electrons. The van der Waals surface area contributed by atoms with Crippen molar-refractivity contribution >= 4 is 32.1 Å². The highest BCUT2D eigenvalue weighted by molar-refractivity contribution is 7.27. The van der Waals surface area contributed by atoms with Gasteiger partial charge >= 0.3 is 0 Å². The number of hydrazine groups is 1. The molecule has 0 saturated carbocycles. The minimum absolute atomic E-state index is 0.0231. The van der Waals surface area contributed by atoms with Crippen molar-refractivity contribution in [2.45, 2.75) is 19.5 Å². The Morgan fingerprint density at radius 2 is 2.39 bits per heavy atom. The number of nitrogens with two attached hydrogens (primary N) is 1. The summed E-state index contributed by atoms with van der Waals surface area (Å²) in [5, 5.41) is 6.41. The first-order valence-electron chi connectivity index (χ1n) is 5.77. The van der Waals surface area contributed by atoms with E-state index in [9.17, 15) is 0 Å². The number of nitrogens with one attached hydrogen (secondary N) is 1. The van der Waals surface area contributed by atoms with E-state index in [1.165, 1.54) is 14.3 Å². The highest BCUT2D eigenvalue weighted by Gasteiger charge is 2.17. The van der Waals surface area contributed by atoms with Crippen molar-refractivity contribution < 1.29 is 0 Å². The molecule has 3 heterocycles. The largest absolute Gasteiger partial charge is 0.273 e. The summed E-state index contributed by atoms with van der Waals surface area (Å²) in [7, 11) is 0. The second-order valence-electron chi connectivity index (χ2n) is 4.03. The summed E-state index contributed by atoms with van der Waals surface area (Å²) in [6, 6.07) is 4.38. The number of hydrogen-bond donors (Lipinski definition) is 2. The van der Waals surface area contributed by atoms with Crippen LogP contribution in [0.5, 0.6) is 0 Å². The third kappa shape index (κ3) is 1.97. The van der Waals surface area contributed by atoms with Gasteiger partial charge in [0.15, 0.2) is 0 Å². The Hall–Kier alpha value is -1.21. The standard InChI is InChI=1S/C12H14N4S2/c1-2-16-7-8(6-14-16)12(15-13)11-5-10-9(18-11)3-4-17-10/h3-7,12,15H,2,13H2,1H3. The van der Waals surface area contributed by atoms with Crippen LogP contribution in [0.15, 0.2) is 29.9 Å². The van der Waals surface area contributed by atoms with Gasteiger partial charge in [0, 0.05) is 32.6 Å². The van der Waals surface area contributed by atoms with Crippen LogP contribution in [-0.4, -0.2) is 9.78 Å². The van der Waals surface area contributed by atoms with E-state index in [-0.39, 0.29) is 6.04 Å². The molecule has 4 nitrogen and oxygen atoms in total. The molecule has 0 amide bonds. The minimum Gasteiger partial charge on any atom is -0.273 e. The predicted molar refractivity (Wildman–Crippen MR) is 76.8 cm³/mol. The van der Waals surface area contributed by atoms with Gasteiger partial charge in [-0.05, 0) is 24.4 Å². The molecule has 0 aliphatic carbocycles. The van der Waals surface area contributed by atoms with Crippen molar-refractivity contribution in [3.63, 3.8) is 0 Å². The summed E-state index contributed by atoms with van der Waals surface area (Å²) >= 11 is 3.54. The number of nitrogens with zero attached hydrogens (tertiary/aromatic N) is 2. The molecule has 94 valence electrons. The summed E-state index contributed by atoms with van der Waals surface area (Å²) in [6.45, 7) is 2.94. The number of fused-ring (bicyclic) bond motifs is 1. The van der Waals surface area contributed by atoms with Crippen LogP contribution >= 0.6 is 22.7 Å². The fourth-order valence-corrected chi connectivity index (χ4v) is 4.18. The molecular formula is C12H14N4S2. The molecule has 0 aromatic carbocycles. The van der Waals surface area contributed by atoms with Gasteiger partial charge in [-0.15, -0.1) is 22.7 Å². The molecule has 0 bridgehead atoms. The van der Waals surface area contributed by atoms with Crippen molar-refractivity contribution in [2.24, 2.45) is 5.84 Å². The van der Waals surface area contributed by atoms with Crippen LogP contribution in [-0.2, 0) is 6.54 Å². The lowest BCUT2D eigenvalue weighted by Gasteiger charge is -2.11. The van der Waals surface area contributed by atoms with Gasteiger partial charge in [0.2, 0.25) is 0 Å². The number of thiophene rings is 2. The normalized spacial score (nSPS) is 13.2. The van der Waals surface area contributed by atoms with Crippen LogP contribution in [0.3, 0.4) is 0 Å². The van der Waals surface area contributed by atoms with Crippen molar-refractivity contribution in [2.75, 3.05) is 0 Å². The molecule has 0 spiro atoms. The quantitative estimate of drug-likeness (QED) is 0.570. The van der Waals surface area contributed by atoms with Crippen LogP contribution in [0.4, 0.5) is 0 Å². The topological polar surface area (TPSA) is 55.9 Å². The Bertz CT molecular complexity index is 623. The number of aromatic nitrogens is 2. The lowest BCUT2D eigenvalue weighted by Crippen LogP contribution is -2.27. The average molecular weight is 278 g/mol. The maximum absolute atomic E-state index is 5.70. The van der Waals surface area contributed by atoms with Gasteiger partial charge in [0.25, 0.3) is 0 Å². The van der Waals surface area contributed by atoms with E-state index in [1.54, 1.807) is 22.7 Å². The lowest BCUT2D eigenvalue weighted by atomic mass is 10.1. The van der Waals surface area contributed by atoms with E-state index >= 15 is 0 Å². The molecule has 3 aromatic rings. The third-order valence-corrected chi connectivity index (χ3v) is 5.08. The van der Waals surface area contributed by atoms with Gasteiger partial charge in [0.1, 0.15) is 0 Å². The lowest BCUT2D eigenvalue weighted by molar-refractivity contribution is 0.637. The Morgan fingerprint density at radius 3 is 3.06 bits per heavy atom. The molecule has 3 aromatic heterocycles. The monoisotopic (exact) mass is 278 g/mol. The van der Waals surface area contributed by atoms with Gasteiger partial charge < -0.3 is 0 Å². The minimum atomic E-state index is 0.0231. The second kappa shape index (κ2) is 4.81. The third-order valence-electron chi connectivity index (χ3n) is 2.92. The Kier molecular flexibility index (Phi) is 3.17. The molecule has 0 saturated heterocycles. The smallest absolute Gasteiger partial charge is 0.0833 e. The van der Waals surface area contributed by atoms with Gasteiger partial charge in [-0.3, -0.25) is 10.5 Å². The summed E-state index contributed by atoms with van der Waals surface area (Å²) in [4.78, 5) is 1.23. The first-order valence-corrected chi connectivity index (χ1v) is 7.47. The van der Waals surface area contributed by atoms with E-state index in [2.05, 4.69) is 35.0 Å². The first-order chi connectivity index (χ1) is 8.81. The molecular weight excluding hydrogens is 264 g/mol. The Labute approximate surface area is 113 Å². The van der Waals surface area contributed by atoms with Crippen molar-refractivity contribution in [1.82, 2.24) is 15.2 Å². The van der Waals surface area contributed by atoms with Gasteiger partial charge in [-0.2, -0.15) is 5.10 Å². The van der Waals surface area contributed by atoms with E-state index in [4.69, 9.17) is 5.84 Å². The second-order valence-corrected chi connectivity index (χ2v) is 6.09. The Morgan fingerprint density at radius 1 is 1.50 bits per heavy atom. The van der Waals surface area contributed by atoms with Crippen LogP contribution in [0.1, 0.15) is 23.4 Å². The zero-order valence-electron chi connectivity index (χ0n) is 9.96. The van der Waals surface area contributed by atoms with Crippen LogP contribution < -0.4 is 11.3 Å². The van der Waals surface area contributed by atoms with Gasteiger partial charge in [-0.25, -0.2) is 5.43 Å². The number of rotatable bonds is 4. The van der Waals surface area contributed by atoms with Gasteiger partial charge in [0.05, 0.1) is 12.2 Å². The summed E-state index contributed by atoms with van der Waals surface area (Å²) < 4.78 is 4.55. The van der Waals surface area contributed by atoms with E-state index in [1.807, 2.05) is 17.1 Å². The first kappa shape index (κ1) is 11.9. The predicted octanol–water partition coefficient (Wildman–Crippen LogP) is 2.73. The highest BCUT2D eigenvalue weighted by atomic mass is 32.1. The summed E-state index contributed by atoms with van der Waals surface area (Å²) in [6.07, 6.45) is 3.92. The maximum atomic E-state index is 5.70. The molecule has 18 heavy (non-hydrogen) atoms. The van der Waals surface area contributed by atoms with E-state index in [0.717, 1.165) is 12.1 Å². The fourth-order valence-electron chi connectivity index (χ4n) is 1.97. The molecule has 6 heteroatoms.